The minimum absolute atomic E-state index is 0.0266. The predicted molar refractivity (Wildman–Crippen MR) is 111 cm³/mol. The molecule has 0 fully saturated rings. The van der Waals surface area contributed by atoms with Gasteiger partial charge in [0.05, 0.1) is 4.90 Å². The van der Waals surface area contributed by atoms with Gasteiger partial charge < -0.3 is 10.1 Å². The maximum atomic E-state index is 12.6. The lowest BCUT2D eigenvalue weighted by Crippen LogP contribution is -2.30. The molecule has 0 spiro atoms. The molecule has 1 amide bonds. The van der Waals surface area contributed by atoms with E-state index in [1.807, 2.05) is 24.3 Å². The number of aryl methyl sites for hydroxylation is 1. The van der Waals surface area contributed by atoms with Gasteiger partial charge in [0.1, 0.15) is 5.75 Å². The van der Waals surface area contributed by atoms with Gasteiger partial charge in [0, 0.05) is 5.69 Å². The molecule has 0 aliphatic carbocycles. The van der Waals surface area contributed by atoms with Crippen LogP contribution >= 0.6 is 0 Å². The van der Waals surface area contributed by atoms with Crippen LogP contribution in [0, 0.1) is 6.92 Å². The molecule has 0 radical (unpaired) electrons. The van der Waals surface area contributed by atoms with Gasteiger partial charge in [-0.05, 0) is 61.7 Å². The Hall–Kier alpha value is -2.38. The zero-order valence-corrected chi connectivity index (χ0v) is 18.0. The van der Waals surface area contributed by atoms with Crippen LogP contribution in [-0.4, -0.2) is 27.5 Å². The van der Waals surface area contributed by atoms with Gasteiger partial charge in [0.25, 0.3) is 5.91 Å². The van der Waals surface area contributed by atoms with Gasteiger partial charge in [-0.15, -0.1) is 0 Å². The van der Waals surface area contributed by atoms with Crippen molar-refractivity contribution in [3.63, 3.8) is 0 Å². The van der Waals surface area contributed by atoms with Crippen molar-refractivity contribution in [2.45, 2.75) is 51.0 Å². The monoisotopic (exact) mass is 404 g/mol. The minimum atomic E-state index is -3.59. The van der Waals surface area contributed by atoms with Gasteiger partial charge in [-0.1, -0.05) is 39.0 Å². The first-order valence-electron chi connectivity index (χ1n) is 9.06. The molecular formula is C21H28N2O4S. The summed E-state index contributed by atoms with van der Waals surface area (Å²) in [5.41, 5.74) is 2.27. The topological polar surface area (TPSA) is 84.5 Å². The quantitative estimate of drug-likeness (QED) is 0.770. The lowest BCUT2D eigenvalue weighted by Gasteiger charge is -2.21. The van der Waals surface area contributed by atoms with Crippen molar-refractivity contribution in [1.82, 2.24) is 4.72 Å². The Morgan fingerprint density at radius 3 is 2.39 bits per heavy atom. The number of carbonyl (C=O) groups excluding carboxylic acids is 1. The molecule has 0 saturated carbocycles. The van der Waals surface area contributed by atoms with Gasteiger partial charge in [-0.3, -0.25) is 4.79 Å². The Labute approximate surface area is 167 Å². The van der Waals surface area contributed by atoms with Crippen molar-refractivity contribution in [2.24, 2.45) is 0 Å². The first-order valence-corrected chi connectivity index (χ1v) is 10.5. The molecule has 0 aliphatic rings. The number of anilines is 1. The van der Waals surface area contributed by atoms with Crippen LogP contribution in [0.15, 0.2) is 47.4 Å². The highest BCUT2D eigenvalue weighted by molar-refractivity contribution is 7.89. The molecular weight excluding hydrogens is 376 g/mol. The molecule has 1 atom stereocenters. The number of rotatable bonds is 6. The van der Waals surface area contributed by atoms with E-state index in [1.165, 1.54) is 19.2 Å². The molecule has 0 heterocycles. The van der Waals surface area contributed by atoms with Crippen molar-refractivity contribution in [2.75, 3.05) is 12.4 Å². The highest BCUT2D eigenvalue weighted by atomic mass is 32.2. The van der Waals surface area contributed by atoms with Crippen LogP contribution in [-0.2, 0) is 20.2 Å². The van der Waals surface area contributed by atoms with Gasteiger partial charge >= 0.3 is 0 Å². The molecule has 0 unspecified atom stereocenters. The summed E-state index contributed by atoms with van der Waals surface area (Å²) in [4.78, 5) is 12.7. The molecule has 2 N–H and O–H groups in total. The van der Waals surface area contributed by atoms with E-state index >= 15 is 0 Å². The standard InChI is InChI=1S/C21H28N2O4S/c1-14-10-11-18(28(25,26)22-6)13-19(14)23-20(24)15(2)27-17-9-7-8-16(12-17)21(3,4)5/h7-13,15,22H,1-6H3,(H,23,24)/t15-/m0/s1. The largest absolute Gasteiger partial charge is 0.481 e. The second-order valence-corrected chi connectivity index (χ2v) is 9.60. The fourth-order valence-corrected chi connectivity index (χ4v) is 3.30. The van der Waals surface area contributed by atoms with Crippen LogP contribution in [0.4, 0.5) is 5.69 Å². The predicted octanol–water partition coefficient (Wildman–Crippen LogP) is 3.61. The number of sulfonamides is 1. The van der Waals surface area contributed by atoms with Crippen LogP contribution in [0.3, 0.4) is 0 Å². The number of hydrogen-bond donors (Lipinski definition) is 2. The summed E-state index contributed by atoms with van der Waals surface area (Å²) in [5, 5.41) is 2.76. The normalized spacial score (nSPS) is 13.1. The molecule has 0 aliphatic heterocycles. The van der Waals surface area contributed by atoms with Crippen LogP contribution in [0.2, 0.25) is 0 Å². The van der Waals surface area contributed by atoms with Gasteiger partial charge in [0.2, 0.25) is 10.0 Å². The van der Waals surface area contributed by atoms with Crippen LogP contribution in [0.25, 0.3) is 0 Å². The molecule has 0 aromatic heterocycles. The van der Waals surface area contributed by atoms with Crippen molar-refractivity contribution >= 4 is 21.6 Å². The van der Waals surface area contributed by atoms with Crippen LogP contribution < -0.4 is 14.8 Å². The Kier molecular flexibility index (Phi) is 6.52. The summed E-state index contributed by atoms with van der Waals surface area (Å²) in [5.74, 6) is 0.251. The van der Waals surface area contributed by atoms with Crippen molar-refractivity contribution < 1.29 is 17.9 Å². The van der Waals surface area contributed by atoms with E-state index in [0.717, 1.165) is 11.1 Å². The molecule has 0 bridgehead atoms. The summed E-state index contributed by atoms with van der Waals surface area (Å²) in [6, 6.07) is 12.2. The van der Waals surface area contributed by atoms with Gasteiger partial charge in [-0.2, -0.15) is 0 Å². The van der Waals surface area contributed by atoms with E-state index in [4.69, 9.17) is 4.74 Å². The highest BCUT2D eigenvalue weighted by Gasteiger charge is 2.19. The SMILES string of the molecule is CNS(=O)(=O)c1ccc(C)c(NC(=O)[C@H](C)Oc2cccc(C(C)(C)C)c2)c1. The highest BCUT2D eigenvalue weighted by Crippen LogP contribution is 2.26. The number of nitrogens with one attached hydrogen (secondary N) is 2. The Balaban J connectivity index is 2.16. The lowest BCUT2D eigenvalue weighted by molar-refractivity contribution is -0.122. The number of amides is 1. The average Bonchev–Trinajstić information content (AvgIpc) is 2.62. The zero-order chi connectivity index (χ0) is 21.1. The van der Waals surface area contributed by atoms with Crippen LogP contribution in [0.5, 0.6) is 5.75 Å². The molecule has 6 nitrogen and oxygen atoms in total. The second-order valence-electron chi connectivity index (χ2n) is 7.71. The summed E-state index contributed by atoms with van der Waals surface area (Å²) in [6.45, 7) is 9.78. The van der Waals surface area contributed by atoms with Crippen LogP contribution in [0.1, 0.15) is 38.8 Å². The third-order valence-electron chi connectivity index (χ3n) is 4.43. The molecule has 2 rings (SSSR count). The summed E-state index contributed by atoms with van der Waals surface area (Å²) < 4.78 is 32.0. The summed E-state index contributed by atoms with van der Waals surface area (Å²) >= 11 is 0. The van der Waals surface area contributed by atoms with Crippen molar-refractivity contribution in [3.8, 4) is 5.75 Å². The molecule has 2 aromatic carbocycles. The van der Waals surface area contributed by atoms with Crippen molar-refractivity contribution in [3.05, 3.63) is 53.6 Å². The fourth-order valence-electron chi connectivity index (χ4n) is 2.55. The van der Waals surface area contributed by atoms with E-state index in [1.54, 1.807) is 19.9 Å². The third kappa shape index (κ3) is 5.33. The minimum Gasteiger partial charge on any atom is -0.481 e. The maximum absolute atomic E-state index is 12.6. The summed E-state index contributed by atoms with van der Waals surface area (Å²) in [6.07, 6.45) is -0.751. The van der Waals surface area contributed by atoms with E-state index in [9.17, 15) is 13.2 Å². The first-order chi connectivity index (χ1) is 12.9. The van der Waals surface area contributed by atoms with Gasteiger partial charge in [-0.25, -0.2) is 13.1 Å². The fraction of sp³-hybridized carbons (Fsp3) is 0.381. The smallest absolute Gasteiger partial charge is 0.265 e. The molecule has 7 heteroatoms. The van der Waals surface area contributed by atoms with Crippen molar-refractivity contribution in [1.29, 1.82) is 0 Å². The average molecular weight is 405 g/mol. The zero-order valence-electron chi connectivity index (χ0n) is 17.2. The lowest BCUT2D eigenvalue weighted by atomic mass is 9.87. The number of benzene rings is 2. The number of ether oxygens (including phenoxy) is 1. The molecule has 28 heavy (non-hydrogen) atoms. The first kappa shape index (κ1) is 21.9. The molecule has 2 aromatic rings. The maximum Gasteiger partial charge on any atom is 0.265 e. The van der Waals surface area contributed by atoms with E-state index < -0.39 is 16.1 Å². The Bertz CT molecular complexity index is 963. The van der Waals surface area contributed by atoms with E-state index in [2.05, 4.69) is 30.8 Å². The second kappa shape index (κ2) is 8.32. The Morgan fingerprint density at radius 1 is 1.11 bits per heavy atom. The number of carbonyl (C=O) groups is 1. The third-order valence-corrected chi connectivity index (χ3v) is 5.84. The van der Waals surface area contributed by atoms with Gasteiger partial charge in [0.15, 0.2) is 6.10 Å². The Morgan fingerprint density at radius 2 is 1.79 bits per heavy atom. The molecule has 152 valence electrons. The number of hydrogen-bond acceptors (Lipinski definition) is 4. The van der Waals surface area contributed by atoms with E-state index in [-0.39, 0.29) is 16.2 Å². The molecule has 0 saturated heterocycles. The van der Waals surface area contributed by atoms with E-state index in [0.29, 0.717) is 11.4 Å². The summed E-state index contributed by atoms with van der Waals surface area (Å²) in [7, 11) is -2.25.